The number of amides is 2. The predicted molar refractivity (Wildman–Crippen MR) is 93.9 cm³/mol. The van der Waals surface area contributed by atoms with Crippen molar-refractivity contribution in [3.8, 4) is 17.2 Å². The number of anilines is 1. The summed E-state index contributed by atoms with van der Waals surface area (Å²) in [5.74, 6) is 1.60. The van der Waals surface area contributed by atoms with Crippen LogP contribution >= 0.6 is 0 Å². The topological polar surface area (TPSA) is 76.7 Å². The number of nitrogens with one attached hydrogen (secondary N) is 2. The second kappa shape index (κ2) is 7.70. The SMILES string of the molecule is CCOc1ccc(Oc2ccccc2NC(=O)[C@@H]2CCC(=O)N2)cc1. The highest BCUT2D eigenvalue weighted by Gasteiger charge is 2.27. The number of para-hydroxylation sites is 2. The van der Waals surface area contributed by atoms with Gasteiger partial charge in [-0.3, -0.25) is 9.59 Å². The van der Waals surface area contributed by atoms with Gasteiger partial charge >= 0.3 is 0 Å². The molecular formula is C19H20N2O4. The van der Waals surface area contributed by atoms with Gasteiger partial charge in [0.2, 0.25) is 11.8 Å². The normalized spacial score (nSPS) is 16.2. The van der Waals surface area contributed by atoms with Crippen molar-refractivity contribution in [1.82, 2.24) is 5.32 Å². The first-order chi connectivity index (χ1) is 12.2. The summed E-state index contributed by atoms with van der Waals surface area (Å²) in [6.45, 7) is 2.53. The smallest absolute Gasteiger partial charge is 0.247 e. The van der Waals surface area contributed by atoms with E-state index in [4.69, 9.17) is 9.47 Å². The lowest BCUT2D eigenvalue weighted by atomic mass is 10.2. The van der Waals surface area contributed by atoms with E-state index in [0.29, 0.717) is 36.6 Å². The first-order valence-electron chi connectivity index (χ1n) is 8.25. The molecule has 1 aliphatic rings. The number of benzene rings is 2. The summed E-state index contributed by atoms with van der Waals surface area (Å²) in [6.07, 6.45) is 0.884. The molecule has 1 aliphatic heterocycles. The third-order valence-electron chi connectivity index (χ3n) is 3.82. The molecule has 1 fully saturated rings. The van der Waals surface area contributed by atoms with Gasteiger partial charge in [0, 0.05) is 6.42 Å². The summed E-state index contributed by atoms with van der Waals surface area (Å²) in [7, 11) is 0. The van der Waals surface area contributed by atoms with Gasteiger partial charge in [-0.25, -0.2) is 0 Å². The molecule has 130 valence electrons. The summed E-state index contributed by atoms with van der Waals surface area (Å²) < 4.78 is 11.3. The van der Waals surface area contributed by atoms with E-state index in [1.165, 1.54) is 0 Å². The second-order valence-electron chi connectivity index (χ2n) is 5.65. The van der Waals surface area contributed by atoms with Crippen LogP contribution in [-0.2, 0) is 9.59 Å². The third kappa shape index (κ3) is 4.29. The molecule has 0 aliphatic carbocycles. The molecule has 6 nitrogen and oxygen atoms in total. The van der Waals surface area contributed by atoms with Gasteiger partial charge < -0.3 is 20.1 Å². The maximum Gasteiger partial charge on any atom is 0.247 e. The Bertz CT molecular complexity index is 758. The van der Waals surface area contributed by atoms with Crippen LogP contribution in [0.1, 0.15) is 19.8 Å². The van der Waals surface area contributed by atoms with Gasteiger partial charge in [-0.15, -0.1) is 0 Å². The van der Waals surface area contributed by atoms with Gasteiger partial charge in [0.25, 0.3) is 0 Å². The Morgan fingerprint density at radius 2 is 1.88 bits per heavy atom. The second-order valence-corrected chi connectivity index (χ2v) is 5.65. The number of carbonyl (C=O) groups is 2. The quantitative estimate of drug-likeness (QED) is 0.847. The van der Waals surface area contributed by atoms with Crippen molar-refractivity contribution in [3.63, 3.8) is 0 Å². The fourth-order valence-corrected chi connectivity index (χ4v) is 2.59. The van der Waals surface area contributed by atoms with E-state index in [2.05, 4.69) is 10.6 Å². The van der Waals surface area contributed by atoms with E-state index in [9.17, 15) is 9.59 Å². The predicted octanol–water partition coefficient (Wildman–Crippen LogP) is 3.09. The Hall–Kier alpha value is -3.02. The van der Waals surface area contributed by atoms with Crippen molar-refractivity contribution in [1.29, 1.82) is 0 Å². The maximum atomic E-state index is 12.3. The Morgan fingerprint density at radius 3 is 2.56 bits per heavy atom. The molecule has 1 atom stereocenters. The minimum Gasteiger partial charge on any atom is -0.494 e. The van der Waals surface area contributed by atoms with Gasteiger partial charge in [0.05, 0.1) is 12.3 Å². The molecule has 2 N–H and O–H groups in total. The van der Waals surface area contributed by atoms with Gasteiger partial charge in [-0.2, -0.15) is 0 Å². The molecule has 6 heteroatoms. The van der Waals surface area contributed by atoms with Crippen LogP contribution in [0.2, 0.25) is 0 Å². The number of carbonyl (C=O) groups excluding carboxylic acids is 2. The van der Waals surface area contributed by atoms with Crippen LogP contribution in [0, 0.1) is 0 Å². The Labute approximate surface area is 146 Å². The zero-order valence-electron chi connectivity index (χ0n) is 14.0. The Balaban J connectivity index is 1.70. The molecule has 0 aromatic heterocycles. The zero-order valence-corrected chi connectivity index (χ0v) is 14.0. The van der Waals surface area contributed by atoms with Crippen molar-refractivity contribution < 1.29 is 19.1 Å². The van der Waals surface area contributed by atoms with Crippen molar-refractivity contribution in [3.05, 3.63) is 48.5 Å². The van der Waals surface area contributed by atoms with Crippen LogP contribution in [0.5, 0.6) is 17.2 Å². The molecule has 0 bridgehead atoms. The molecule has 0 radical (unpaired) electrons. The summed E-state index contributed by atoms with van der Waals surface area (Å²) in [6, 6.07) is 14.0. The maximum absolute atomic E-state index is 12.3. The highest BCUT2D eigenvalue weighted by atomic mass is 16.5. The Kier molecular flexibility index (Phi) is 5.18. The average molecular weight is 340 g/mol. The van der Waals surface area contributed by atoms with E-state index in [1.807, 2.05) is 31.2 Å². The van der Waals surface area contributed by atoms with E-state index >= 15 is 0 Å². The highest BCUT2D eigenvalue weighted by Crippen LogP contribution is 2.30. The molecule has 0 saturated carbocycles. The van der Waals surface area contributed by atoms with E-state index < -0.39 is 6.04 Å². The minimum absolute atomic E-state index is 0.0981. The van der Waals surface area contributed by atoms with Crippen LogP contribution in [0.15, 0.2) is 48.5 Å². The van der Waals surface area contributed by atoms with E-state index in [-0.39, 0.29) is 11.8 Å². The van der Waals surface area contributed by atoms with Crippen molar-refractivity contribution in [2.24, 2.45) is 0 Å². The van der Waals surface area contributed by atoms with Crippen molar-refractivity contribution >= 4 is 17.5 Å². The van der Waals surface area contributed by atoms with Crippen LogP contribution in [0.4, 0.5) is 5.69 Å². The van der Waals surface area contributed by atoms with E-state index in [1.54, 1.807) is 24.3 Å². The molecule has 2 amide bonds. The number of rotatable bonds is 6. The monoisotopic (exact) mass is 340 g/mol. The minimum atomic E-state index is -0.494. The number of ether oxygens (including phenoxy) is 2. The van der Waals surface area contributed by atoms with Gasteiger partial charge in [0.15, 0.2) is 5.75 Å². The van der Waals surface area contributed by atoms with Gasteiger partial charge in [0.1, 0.15) is 17.5 Å². The lowest BCUT2D eigenvalue weighted by Crippen LogP contribution is -2.37. The average Bonchev–Trinajstić information content (AvgIpc) is 3.05. The fourth-order valence-electron chi connectivity index (χ4n) is 2.59. The summed E-state index contributed by atoms with van der Waals surface area (Å²) >= 11 is 0. The molecule has 2 aromatic carbocycles. The van der Waals surface area contributed by atoms with Crippen LogP contribution in [0.3, 0.4) is 0 Å². The first-order valence-corrected chi connectivity index (χ1v) is 8.25. The molecular weight excluding hydrogens is 320 g/mol. The summed E-state index contributed by atoms with van der Waals surface area (Å²) in [5, 5.41) is 5.48. The molecule has 0 unspecified atom stereocenters. The molecule has 1 heterocycles. The first kappa shape index (κ1) is 16.8. The van der Waals surface area contributed by atoms with Crippen LogP contribution in [0.25, 0.3) is 0 Å². The van der Waals surface area contributed by atoms with E-state index in [0.717, 1.165) is 5.75 Å². The molecule has 3 rings (SSSR count). The lowest BCUT2D eigenvalue weighted by molar-refractivity contribution is -0.122. The van der Waals surface area contributed by atoms with Crippen LogP contribution < -0.4 is 20.1 Å². The van der Waals surface area contributed by atoms with Gasteiger partial charge in [-0.05, 0) is 49.7 Å². The van der Waals surface area contributed by atoms with Crippen LogP contribution in [-0.4, -0.2) is 24.5 Å². The third-order valence-corrected chi connectivity index (χ3v) is 3.82. The Morgan fingerprint density at radius 1 is 1.16 bits per heavy atom. The lowest BCUT2D eigenvalue weighted by Gasteiger charge is -2.15. The fraction of sp³-hybridized carbons (Fsp3) is 0.263. The number of hydrogen-bond acceptors (Lipinski definition) is 4. The standard InChI is InChI=1S/C19H20N2O4/c1-2-24-13-7-9-14(10-8-13)25-17-6-4-3-5-15(17)21-19(23)16-11-12-18(22)20-16/h3-10,16H,2,11-12H2,1H3,(H,20,22)(H,21,23)/t16-/m0/s1. The molecule has 0 spiro atoms. The zero-order chi connectivity index (χ0) is 17.6. The molecule has 1 saturated heterocycles. The molecule has 25 heavy (non-hydrogen) atoms. The van der Waals surface area contributed by atoms with Gasteiger partial charge in [-0.1, -0.05) is 12.1 Å². The summed E-state index contributed by atoms with van der Waals surface area (Å²) in [5.41, 5.74) is 0.558. The molecule has 2 aromatic rings. The van der Waals surface area contributed by atoms with Crippen molar-refractivity contribution in [2.45, 2.75) is 25.8 Å². The highest BCUT2D eigenvalue weighted by molar-refractivity contribution is 5.99. The number of hydrogen-bond donors (Lipinski definition) is 2. The summed E-state index contributed by atoms with van der Waals surface area (Å²) in [4.78, 5) is 23.6. The largest absolute Gasteiger partial charge is 0.494 e. The van der Waals surface area contributed by atoms with Crippen molar-refractivity contribution in [2.75, 3.05) is 11.9 Å².